The van der Waals surface area contributed by atoms with E-state index in [1.54, 1.807) is 11.6 Å². The molecule has 10 nitrogen and oxygen atoms in total. The number of benzene rings is 1. The highest BCUT2D eigenvalue weighted by molar-refractivity contribution is 6.02. The van der Waals surface area contributed by atoms with Crippen LogP contribution in [-0.2, 0) is 16.5 Å². The highest BCUT2D eigenvalue weighted by Crippen LogP contribution is 2.31. The lowest BCUT2D eigenvalue weighted by Crippen LogP contribution is -2.35. The summed E-state index contributed by atoms with van der Waals surface area (Å²) in [5, 5.41) is 18.8. The third-order valence-corrected chi connectivity index (χ3v) is 8.41. The first-order valence-corrected chi connectivity index (χ1v) is 14.2. The second-order valence-electron chi connectivity index (χ2n) is 10.9. The van der Waals surface area contributed by atoms with Crippen LogP contribution in [0.1, 0.15) is 50.4 Å². The van der Waals surface area contributed by atoms with E-state index < -0.39 is 0 Å². The standard InChI is InChI=1S/C30H35N7O3/c1-20(40-16-13-36-11-7-21(18-31)8-12-36)26-5-4-23(19-32-26)22-3-6-27-25(17-22)28-29(34-33-27)35(2)30(38)37(28)24-9-14-39-15-10-24/h3-6,17,19-21,24H,7-16H2,1-2H3/t20-/m1/s1. The van der Waals surface area contributed by atoms with Crippen molar-refractivity contribution in [2.45, 2.75) is 44.8 Å². The van der Waals surface area contributed by atoms with Crippen LogP contribution in [0.4, 0.5) is 0 Å². The molecule has 2 fully saturated rings. The number of rotatable bonds is 7. The molecule has 0 unspecified atom stereocenters. The zero-order valence-electron chi connectivity index (χ0n) is 23.1. The Labute approximate surface area is 233 Å². The van der Waals surface area contributed by atoms with Crippen LogP contribution in [-0.4, -0.2) is 68.7 Å². The third-order valence-electron chi connectivity index (χ3n) is 8.41. The van der Waals surface area contributed by atoms with Crippen molar-refractivity contribution in [3.63, 3.8) is 0 Å². The van der Waals surface area contributed by atoms with Crippen LogP contribution >= 0.6 is 0 Å². The van der Waals surface area contributed by atoms with Gasteiger partial charge in [-0.1, -0.05) is 12.1 Å². The van der Waals surface area contributed by atoms with E-state index in [-0.39, 0.29) is 23.8 Å². The number of piperidine rings is 1. The maximum Gasteiger partial charge on any atom is 0.330 e. The van der Waals surface area contributed by atoms with Gasteiger partial charge in [0.1, 0.15) is 5.52 Å². The van der Waals surface area contributed by atoms with E-state index in [1.807, 2.05) is 35.9 Å². The van der Waals surface area contributed by atoms with E-state index >= 15 is 0 Å². The quantitative estimate of drug-likeness (QED) is 0.345. The Kier molecular flexibility index (Phi) is 7.61. The number of hydrogen-bond donors (Lipinski definition) is 0. The maximum absolute atomic E-state index is 13.3. The van der Waals surface area contributed by atoms with E-state index in [4.69, 9.17) is 19.7 Å². The number of nitrogens with zero attached hydrogens (tertiary/aromatic N) is 7. The first-order chi connectivity index (χ1) is 19.5. The molecule has 10 heteroatoms. The Bertz CT molecular complexity index is 1590. The summed E-state index contributed by atoms with van der Waals surface area (Å²) in [5.41, 5.74) is 4.98. The number of nitriles is 1. The molecule has 0 radical (unpaired) electrons. The molecule has 40 heavy (non-hydrogen) atoms. The molecule has 0 spiro atoms. The Balaban J connectivity index is 1.21. The van der Waals surface area contributed by atoms with Gasteiger partial charge in [0.25, 0.3) is 0 Å². The van der Waals surface area contributed by atoms with E-state index in [2.05, 4.69) is 33.3 Å². The predicted molar refractivity (Wildman–Crippen MR) is 152 cm³/mol. The molecule has 2 saturated heterocycles. The molecular weight excluding hydrogens is 506 g/mol. The molecule has 4 aromatic rings. The smallest absolute Gasteiger partial charge is 0.330 e. The van der Waals surface area contributed by atoms with E-state index in [1.165, 1.54) is 0 Å². The van der Waals surface area contributed by atoms with Crippen LogP contribution in [0, 0.1) is 17.2 Å². The van der Waals surface area contributed by atoms with Crippen molar-refractivity contribution in [1.29, 1.82) is 5.26 Å². The van der Waals surface area contributed by atoms with E-state index in [0.29, 0.717) is 25.5 Å². The zero-order valence-corrected chi connectivity index (χ0v) is 23.1. The van der Waals surface area contributed by atoms with Crippen LogP contribution < -0.4 is 5.69 Å². The monoisotopic (exact) mass is 541 g/mol. The topological polar surface area (TPSA) is 111 Å². The molecule has 5 heterocycles. The van der Waals surface area contributed by atoms with Gasteiger partial charge in [-0.05, 0) is 69.5 Å². The lowest BCUT2D eigenvalue weighted by molar-refractivity contribution is 0.0402. The van der Waals surface area contributed by atoms with Crippen molar-refractivity contribution in [1.82, 2.24) is 29.2 Å². The number of aromatic nitrogens is 5. The normalized spacial score (nSPS) is 18.3. The number of fused-ring (bicyclic) bond motifs is 3. The third kappa shape index (κ3) is 5.12. The van der Waals surface area contributed by atoms with Gasteiger partial charge in [0.05, 0.1) is 30.0 Å². The molecular formula is C30H35N7O3. The summed E-state index contributed by atoms with van der Waals surface area (Å²) in [7, 11) is 1.76. The highest BCUT2D eigenvalue weighted by atomic mass is 16.5. The Morgan fingerprint density at radius 2 is 1.88 bits per heavy atom. The molecule has 1 atom stereocenters. The van der Waals surface area contributed by atoms with Crippen molar-refractivity contribution in [2.75, 3.05) is 39.5 Å². The lowest BCUT2D eigenvalue weighted by Gasteiger charge is -2.29. The molecule has 0 bridgehead atoms. The highest BCUT2D eigenvalue weighted by Gasteiger charge is 2.24. The summed E-state index contributed by atoms with van der Waals surface area (Å²) < 4.78 is 15.1. The van der Waals surface area contributed by atoms with Crippen LogP contribution in [0.15, 0.2) is 41.3 Å². The minimum Gasteiger partial charge on any atom is -0.381 e. The second-order valence-corrected chi connectivity index (χ2v) is 10.9. The minimum absolute atomic E-state index is 0.0687. The number of imidazole rings is 1. The van der Waals surface area contributed by atoms with Gasteiger partial charge >= 0.3 is 5.69 Å². The summed E-state index contributed by atoms with van der Waals surface area (Å²) in [4.78, 5) is 20.3. The fraction of sp³-hybridized carbons (Fsp3) is 0.500. The van der Waals surface area contributed by atoms with Gasteiger partial charge in [-0.2, -0.15) is 5.26 Å². The Morgan fingerprint density at radius 1 is 1.10 bits per heavy atom. The van der Waals surface area contributed by atoms with Crippen LogP contribution in [0.5, 0.6) is 0 Å². The fourth-order valence-corrected chi connectivity index (χ4v) is 5.90. The van der Waals surface area contributed by atoms with Gasteiger partial charge in [-0.25, -0.2) is 4.79 Å². The van der Waals surface area contributed by atoms with Gasteiger partial charge < -0.3 is 14.4 Å². The number of pyridine rings is 1. The summed E-state index contributed by atoms with van der Waals surface area (Å²) >= 11 is 0. The molecule has 2 aliphatic rings. The van der Waals surface area contributed by atoms with Crippen LogP contribution in [0.25, 0.3) is 33.2 Å². The number of hydrogen-bond acceptors (Lipinski definition) is 8. The SMILES string of the molecule is C[C@@H](OCCN1CCC(C#N)CC1)c1ccc(-c2ccc3nnc4c(c3c2)n(C2CCOCC2)c(=O)n4C)cn1. The zero-order chi connectivity index (χ0) is 27.6. The first-order valence-electron chi connectivity index (χ1n) is 14.2. The summed E-state index contributed by atoms with van der Waals surface area (Å²) in [6.07, 6.45) is 5.25. The Hall–Kier alpha value is -3.65. The minimum atomic E-state index is -0.115. The maximum atomic E-state index is 13.3. The second kappa shape index (κ2) is 11.5. The number of ether oxygens (including phenoxy) is 2. The molecule has 3 aromatic heterocycles. The predicted octanol–water partition coefficient (Wildman–Crippen LogP) is 4.01. The molecule has 0 amide bonds. The molecule has 208 valence electrons. The Morgan fingerprint density at radius 3 is 2.60 bits per heavy atom. The van der Waals surface area contributed by atoms with Crippen molar-refractivity contribution in [2.24, 2.45) is 13.0 Å². The van der Waals surface area contributed by atoms with Crippen molar-refractivity contribution < 1.29 is 9.47 Å². The van der Waals surface area contributed by atoms with Gasteiger partial charge in [-0.3, -0.25) is 14.1 Å². The van der Waals surface area contributed by atoms with Crippen LogP contribution in [0.2, 0.25) is 0 Å². The number of likely N-dealkylation sites (tertiary alicyclic amines) is 1. The molecule has 1 aromatic carbocycles. The average molecular weight is 542 g/mol. The van der Waals surface area contributed by atoms with Crippen molar-refractivity contribution in [3.05, 3.63) is 52.7 Å². The summed E-state index contributed by atoms with van der Waals surface area (Å²) in [6.45, 7) is 6.75. The van der Waals surface area contributed by atoms with Gasteiger partial charge in [-0.15, -0.1) is 10.2 Å². The largest absolute Gasteiger partial charge is 0.381 e. The molecule has 0 aliphatic carbocycles. The summed E-state index contributed by atoms with van der Waals surface area (Å²) in [6, 6.07) is 12.6. The molecule has 2 aliphatic heterocycles. The molecule has 6 rings (SSSR count). The van der Waals surface area contributed by atoms with Gasteiger partial charge in [0.2, 0.25) is 0 Å². The lowest BCUT2D eigenvalue weighted by atomic mass is 9.99. The number of aryl methyl sites for hydroxylation is 1. The fourth-order valence-electron chi connectivity index (χ4n) is 5.90. The summed E-state index contributed by atoms with van der Waals surface area (Å²) in [5.74, 6) is 0.199. The van der Waals surface area contributed by atoms with E-state index in [9.17, 15) is 4.79 Å². The molecule has 0 saturated carbocycles. The van der Waals surface area contributed by atoms with Gasteiger partial charge in [0, 0.05) is 55.9 Å². The first kappa shape index (κ1) is 26.6. The average Bonchev–Trinajstić information content (AvgIpc) is 3.27. The van der Waals surface area contributed by atoms with Crippen molar-refractivity contribution in [3.8, 4) is 17.2 Å². The van der Waals surface area contributed by atoms with Gasteiger partial charge in [0.15, 0.2) is 5.65 Å². The van der Waals surface area contributed by atoms with Crippen LogP contribution in [0.3, 0.4) is 0 Å². The van der Waals surface area contributed by atoms with Crippen molar-refractivity contribution >= 4 is 22.1 Å². The van der Waals surface area contributed by atoms with E-state index in [0.717, 1.165) is 78.6 Å². The molecule has 0 N–H and O–H groups in total.